The summed E-state index contributed by atoms with van der Waals surface area (Å²) in [6.07, 6.45) is 0. The van der Waals surface area contributed by atoms with Crippen LogP contribution in [0.4, 0.5) is 17.1 Å². The van der Waals surface area contributed by atoms with Crippen LogP contribution in [0.25, 0.3) is 97.4 Å². The first kappa shape index (κ1) is 37.7. The second-order valence-corrected chi connectivity index (χ2v) is 17.5. The Balaban J connectivity index is 0.947. The van der Waals surface area contributed by atoms with Crippen LogP contribution >= 0.6 is 11.3 Å². The summed E-state index contributed by atoms with van der Waals surface area (Å²) in [5.41, 5.74) is 15.4. The molecule has 0 atom stereocenters. The zero-order chi connectivity index (χ0) is 42.4. The van der Waals surface area contributed by atoms with E-state index in [0.29, 0.717) is 0 Å². The Labute approximate surface area is 377 Å². The number of anilines is 3. The van der Waals surface area contributed by atoms with Crippen molar-refractivity contribution in [3.8, 4) is 55.6 Å². The van der Waals surface area contributed by atoms with Crippen LogP contribution in [0.15, 0.2) is 249 Å². The smallest absolute Gasteiger partial charge is 0.0540 e. The van der Waals surface area contributed by atoms with Gasteiger partial charge in [0, 0.05) is 37.1 Å². The first-order valence-electron chi connectivity index (χ1n) is 21.9. The molecule has 0 N–H and O–H groups in total. The fourth-order valence-electron chi connectivity index (χ4n) is 9.58. The monoisotopic (exact) mass is 831 g/mol. The van der Waals surface area contributed by atoms with Crippen molar-refractivity contribution in [2.24, 2.45) is 0 Å². The maximum atomic E-state index is 2.41. The zero-order valence-corrected chi connectivity index (χ0v) is 35.8. The summed E-state index contributed by atoms with van der Waals surface area (Å²) in [5.74, 6) is 0. The summed E-state index contributed by atoms with van der Waals surface area (Å²) < 4.78 is 2.61. The second kappa shape index (κ2) is 16.0. The summed E-state index contributed by atoms with van der Waals surface area (Å²) in [4.78, 5) is 2.41. The molecule has 64 heavy (non-hydrogen) atoms. The number of benzene rings is 11. The number of nitrogens with zero attached hydrogens (tertiary/aromatic N) is 1. The lowest BCUT2D eigenvalue weighted by molar-refractivity contribution is 1.28. The fraction of sp³-hybridized carbons (Fsp3) is 0. The van der Waals surface area contributed by atoms with Crippen molar-refractivity contribution >= 4 is 70.1 Å². The topological polar surface area (TPSA) is 3.24 Å². The van der Waals surface area contributed by atoms with E-state index in [-0.39, 0.29) is 0 Å². The van der Waals surface area contributed by atoms with Crippen molar-refractivity contribution in [3.05, 3.63) is 249 Å². The van der Waals surface area contributed by atoms with Gasteiger partial charge in [-0.25, -0.2) is 0 Å². The van der Waals surface area contributed by atoms with E-state index in [0.717, 1.165) is 17.1 Å². The Morgan fingerprint density at radius 2 is 0.688 bits per heavy atom. The Bertz CT molecular complexity index is 3640. The minimum absolute atomic E-state index is 1.09. The first-order valence-corrected chi connectivity index (χ1v) is 22.7. The van der Waals surface area contributed by atoms with Crippen molar-refractivity contribution in [2.75, 3.05) is 4.90 Å². The summed E-state index contributed by atoms with van der Waals surface area (Å²) in [6.45, 7) is 0. The van der Waals surface area contributed by atoms with Crippen LogP contribution in [0, 0.1) is 0 Å². The molecule has 12 rings (SSSR count). The Hall–Kier alpha value is -8.04. The van der Waals surface area contributed by atoms with Crippen molar-refractivity contribution in [2.45, 2.75) is 0 Å². The predicted octanol–water partition coefficient (Wildman–Crippen LogP) is 18.2. The minimum atomic E-state index is 1.09. The first-order chi connectivity index (χ1) is 31.7. The molecule has 0 aliphatic heterocycles. The number of rotatable bonds is 8. The lowest BCUT2D eigenvalue weighted by Crippen LogP contribution is -2.11. The predicted molar refractivity (Wildman–Crippen MR) is 276 cm³/mol. The van der Waals surface area contributed by atoms with Crippen LogP contribution in [-0.2, 0) is 0 Å². The largest absolute Gasteiger partial charge is 0.310 e. The van der Waals surface area contributed by atoms with Crippen LogP contribution in [0.3, 0.4) is 0 Å². The maximum Gasteiger partial charge on any atom is 0.0540 e. The molecule has 300 valence electrons. The quantitative estimate of drug-likeness (QED) is 0.147. The molecule has 0 unspecified atom stereocenters. The molecule has 0 fully saturated rings. The molecule has 0 saturated carbocycles. The van der Waals surface area contributed by atoms with Gasteiger partial charge in [0.05, 0.1) is 5.69 Å². The highest BCUT2D eigenvalue weighted by atomic mass is 32.1. The molecule has 0 bridgehead atoms. The highest BCUT2D eigenvalue weighted by Gasteiger charge is 2.19. The van der Waals surface area contributed by atoms with E-state index in [1.807, 2.05) is 11.3 Å². The third kappa shape index (κ3) is 6.73. The fourth-order valence-corrected chi connectivity index (χ4v) is 10.7. The average Bonchev–Trinajstić information content (AvgIpc) is 3.75. The van der Waals surface area contributed by atoms with E-state index in [9.17, 15) is 0 Å². The summed E-state index contributed by atoms with van der Waals surface area (Å²) in [7, 11) is 0. The van der Waals surface area contributed by atoms with Crippen molar-refractivity contribution in [1.29, 1.82) is 0 Å². The molecule has 2 heteroatoms. The summed E-state index contributed by atoms with van der Waals surface area (Å²) in [5, 5.41) is 7.65. The van der Waals surface area contributed by atoms with Gasteiger partial charge in [-0.15, -0.1) is 11.3 Å². The molecule has 0 aliphatic rings. The molecule has 0 saturated heterocycles. The summed E-state index contributed by atoms with van der Waals surface area (Å²) >= 11 is 1.86. The Morgan fingerprint density at radius 3 is 1.39 bits per heavy atom. The van der Waals surface area contributed by atoms with Gasteiger partial charge in [-0.05, 0) is 114 Å². The van der Waals surface area contributed by atoms with Crippen LogP contribution < -0.4 is 4.90 Å². The highest BCUT2D eigenvalue weighted by molar-refractivity contribution is 7.25. The zero-order valence-electron chi connectivity index (χ0n) is 35.0. The molecular weight excluding hydrogens is 791 g/mol. The highest BCUT2D eigenvalue weighted by Crippen LogP contribution is 2.45. The molecule has 11 aromatic carbocycles. The van der Waals surface area contributed by atoms with E-state index < -0.39 is 0 Å². The molecule has 1 heterocycles. The van der Waals surface area contributed by atoms with E-state index in [1.54, 1.807) is 0 Å². The van der Waals surface area contributed by atoms with Crippen LogP contribution in [0.5, 0.6) is 0 Å². The van der Waals surface area contributed by atoms with Crippen LogP contribution in [0.2, 0.25) is 0 Å². The van der Waals surface area contributed by atoms with Crippen LogP contribution in [-0.4, -0.2) is 0 Å². The second-order valence-electron chi connectivity index (χ2n) is 16.4. The van der Waals surface area contributed by atoms with Gasteiger partial charge in [-0.1, -0.05) is 206 Å². The van der Waals surface area contributed by atoms with Gasteiger partial charge in [0.15, 0.2) is 0 Å². The van der Waals surface area contributed by atoms with E-state index in [2.05, 4.69) is 254 Å². The molecule has 0 radical (unpaired) electrons. The van der Waals surface area contributed by atoms with Gasteiger partial charge >= 0.3 is 0 Å². The lowest BCUT2D eigenvalue weighted by Gasteiger charge is -2.28. The molecule has 1 aromatic heterocycles. The van der Waals surface area contributed by atoms with Gasteiger partial charge in [0.25, 0.3) is 0 Å². The normalized spacial score (nSPS) is 11.4. The molecule has 0 spiro atoms. The van der Waals surface area contributed by atoms with Crippen molar-refractivity contribution in [1.82, 2.24) is 0 Å². The third-order valence-electron chi connectivity index (χ3n) is 12.7. The molecular formula is C62H41NS. The molecule has 12 aromatic rings. The van der Waals surface area contributed by atoms with Gasteiger partial charge in [-0.2, -0.15) is 0 Å². The van der Waals surface area contributed by atoms with Crippen LogP contribution in [0.1, 0.15) is 0 Å². The maximum absolute atomic E-state index is 2.41. The third-order valence-corrected chi connectivity index (χ3v) is 13.9. The minimum Gasteiger partial charge on any atom is -0.310 e. The average molecular weight is 832 g/mol. The van der Waals surface area contributed by atoms with Gasteiger partial charge in [0.1, 0.15) is 0 Å². The molecule has 1 nitrogen and oxygen atoms in total. The van der Waals surface area contributed by atoms with Crippen molar-refractivity contribution < 1.29 is 0 Å². The standard InChI is InChI=1S/C62H41NS/c1-3-17-51-44(13-1)15-11-23-52(51)46-29-27-42(28-30-46)43-31-36-49(37-32-43)63(60-25-9-7-20-55(60)48-35-40-59-58-22-8-10-26-61(58)64-62(59)41-48)50-38-33-47(34-39-50)54-19-5-6-21-56(54)57-24-12-16-45-14-2-4-18-53(45)57/h1-41H. The number of hydrogen-bond donors (Lipinski definition) is 0. The number of fused-ring (bicyclic) bond motifs is 5. The van der Waals surface area contributed by atoms with E-state index >= 15 is 0 Å². The number of thiophene rings is 1. The van der Waals surface area contributed by atoms with Gasteiger partial charge in [0.2, 0.25) is 0 Å². The van der Waals surface area contributed by atoms with Gasteiger partial charge in [-0.3, -0.25) is 0 Å². The van der Waals surface area contributed by atoms with Crippen molar-refractivity contribution in [3.63, 3.8) is 0 Å². The lowest BCUT2D eigenvalue weighted by atomic mass is 9.91. The molecule has 0 amide bonds. The molecule has 0 aliphatic carbocycles. The Kier molecular flexibility index (Phi) is 9.43. The van der Waals surface area contributed by atoms with E-state index in [1.165, 1.54) is 97.4 Å². The number of para-hydroxylation sites is 1. The summed E-state index contributed by atoms with van der Waals surface area (Å²) in [6, 6.07) is 90.9. The SMILES string of the molecule is c1ccc(-c2cccc3ccccc23)c(-c2ccc(N(c3ccc(-c4ccc(-c5cccc6ccccc56)cc4)cc3)c3ccccc3-c3ccc4c(c3)sc3ccccc34)cc2)c1. The van der Waals surface area contributed by atoms with Gasteiger partial charge < -0.3 is 4.90 Å². The van der Waals surface area contributed by atoms with E-state index in [4.69, 9.17) is 0 Å². The number of hydrogen-bond acceptors (Lipinski definition) is 2. The Morgan fingerprint density at radius 1 is 0.250 bits per heavy atom.